The number of rotatable bonds is 4. The minimum Gasteiger partial charge on any atom is -0.380 e. The summed E-state index contributed by atoms with van der Waals surface area (Å²) in [5.41, 5.74) is -0.247. The van der Waals surface area contributed by atoms with Crippen LogP contribution in [-0.4, -0.2) is 11.2 Å². The minimum absolute atomic E-state index is 0.247. The summed E-state index contributed by atoms with van der Waals surface area (Å²) in [5, 5.41) is 9.49. The molecule has 0 aromatic heterocycles. The highest BCUT2D eigenvalue weighted by Crippen LogP contribution is 2.14. The number of unbranched alkanes of at least 4 members (excludes halogenated alkanes) is 2. The maximum Gasteiger partial charge on any atom is 0.195 e. The van der Waals surface area contributed by atoms with E-state index in [1.807, 2.05) is 6.92 Å². The summed E-state index contributed by atoms with van der Waals surface area (Å²) in [7, 11) is 0. The van der Waals surface area contributed by atoms with Crippen LogP contribution < -0.4 is 0 Å². The largest absolute Gasteiger partial charge is 0.380 e. The molecule has 0 radical (unpaired) electrons. The van der Waals surface area contributed by atoms with Crippen LogP contribution in [0.2, 0.25) is 0 Å². The molecule has 0 heterocycles. The lowest BCUT2D eigenvalue weighted by atomic mass is 10.1. The second-order valence-corrected chi connectivity index (χ2v) is 4.00. The van der Waals surface area contributed by atoms with Gasteiger partial charge < -0.3 is 5.11 Å². The first-order chi connectivity index (χ1) is 8.56. The van der Waals surface area contributed by atoms with Crippen LogP contribution in [0.4, 0.5) is 13.2 Å². The zero-order chi connectivity index (χ0) is 13.5. The maximum absolute atomic E-state index is 13.2. The SMILES string of the molecule is CCCCCC(O)C#Cc1ccc(F)c(F)c1F. The molecule has 1 nitrogen and oxygen atoms in total. The van der Waals surface area contributed by atoms with Gasteiger partial charge in [-0.05, 0) is 25.0 Å². The van der Waals surface area contributed by atoms with Crippen molar-refractivity contribution in [1.29, 1.82) is 0 Å². The van der Waals surface area contributed by atoms with Crippen LogP contribution in [0, 0.1) is 29.3 Å². The minimum atomic E-state index is -1.54. The smallest absolute Gasteiger partial charge is 0.195 e. The Morgan fingerprint density at radius 1 is 1.17 bits per heavy atom. The van der Waals surface area contributed by atoms with Crippen LogP contribution in [0.5, 0.6) is 0 Å². The molecule has 1 aromatic rings. The molecule has 1 unspecified atom stereocenters. The fraction of sp³-hybridized carbons (Fsp3) is 0.429. The van der Waals surface area contributed by atoms with E-state index in [1.165, 1.54) is 0 Å². The van der Waals surface area contributed by atoms with E-state index < -0.39 is 23.6 Å². The number of aliphatic hydroxyl groups excluding tert-OH is 1. The highest BCUT2D eigenvalue weighted by Gasteiger charge is 2.11. The number of halogens is 3. The van der Waals surface area contributed by atoms with Crippen molar-refractivity contribution in [3.63, 3.8) is 0 Å². The molecule has 0 aliphatic rings. The molecule has 18 heavy (non-hydrogen) atoms. The molecule has 1 N–H and O–H groups in total. The second-order valence-electron chi connectivity index (χ2n) is 4.00. The van der Waals surface area contributed by atoms with Gasteiger partial charge >= 0.3 is 0 Å². The molecular weight excluding hydrogens is 241 g/mol. The monoisotopic (exact) mass is 256 g/mol. The molecule has 0 fully saturated rings. The third-order valence-corrected chi connectivity index (χ3v) is 2.49. The average Bonchev–Trinajstić information content (AvgIpc) is 2.35. The Morgan fingerprint density at radius 3 is 2.56 bits per heavy atom. The van der Waals surface area contributed by atoms with Gasteiger partial charge in [0.15, 0.2) is 17.5 Å². The van der Waals surface area contributed by atoms with Gasteiger partial charge in [-0.25, -0.2) is 13.2 Å². The van der Waals surface area contributed by atoms with E-state index in [4.69, 9.17) is 0 Å². The number of hydrogen-bond acceptors (Lipinski definition) is 1. The Balaban J connectivity index is 2.71. The normalized spacial score (nSPS) is 11.8. The van der Waals surface area contributed by atoms with Crippen molar-refractivity contribution >= 4 is 0 Å². The summed E-state index contributed by atoms with van der Waals surface area (Å²) in [6.45, 7) is 2.04. The fourth-order valence-corrected chi connectivity index (χ4v) is 1.44. The van der Waals surface area contributed by atoms with Crippen LogP contribution >= 0.6 is 0 Å². The third kappa shape index (κ3) is 4.08. The van der Waals surface area contributed by atoms with Gasteiger partial charge in [0.05, 0.1) is 5.56 Å². The molecule has 1 atom stereocenters. The van der Waals surface area contributed by atoms with Gasteiger partial charge in [0, 0.05) is 0 Å². The van der Waals surface area contributed by atoms with Gasteiger partial charge in [0.2, 0.25) is 0 Å². The molecule has 0 aliphatic heterocycles. The van der Waals surface area contributed by atoms with Crippen LogP contribution in [-0.2, 0) is 0 Å². The van der Waals surface area contributed by atoms with Crippen molar-refractivity contribution in [2.45, 2.75) is 38.7 Å². The first kappa shape index (κ1) is 14.6. The first-order valence-corrected chi connectivity index (χ1v) is 5.89. The van der Waals surface area contributed by atoms with Gasteiger partial charge in [0.25, 0.3) is 0 Å². The summed E-state index contributed by atoms with van der Waals surface area (Å²) >= 11 is 0. The van der Waals surface area contributed by atoms with Crippen molar-refractivity contribution in [3.8, 4) is 11.8 Å². The lowest BCUT2D eigenvalue weighted by Crippen LogP contribution is -2.02. The van der Waals surface area contributed by atoms with E-state index >= 15 is 0 Å². The van der Waals surface area contributed by atoms with Gasteiger partial charge in [0.1, 0.15) is 6.10 Å². The molecule has 0 saturated heterocycles. The summed E-state index contributed by atoms with van der Waals surface area (Å²) in [6.07, 6.45) is 2.46. The quantitative estimate of drug-likeness (QED) is 0.497. The summed E-state index contributed by atoms with van der Waals surface area (Å²) in [6, 6.07) is 1.87. The van der Waals surface area contributed by atoms with Gasteiger partial charge in [-0.3, -0.25) is 0 Å². The Bertz CT molecular complexity index is 460. The Labute approximate surface area is 105 Å². The first-order valence-electron chi connectivity index (χ1n) is 5.89. The molecule has 0 amide bonds. The predicted octanol–water partition coefficient (Wildman–Crippen LogP) is 3.40. The van der Waals surface area contributed by atoms with E-state index in [2.05, 4.69) is 11.8 Å². The lowest BCUT2D eigenvalue weighted by molar-refractivity contribution is 0.217. The van der Waals surface area contributed by atoms with Crippen molar-refractivity contribution in [1.82, 2.24) is 0 Å². The summed E-state index contributed by atoms with van der Waals surface area (Å²) < 4.78 is 38.8. The van der Waals surface area contributed by atoms with Gasteiger partial charge in [-0.15, -0.1) is 0 Å². The number of hydrogen-bond donors (Lipinski definition) is 1. The Kier molecular flexibility index (Phi) is 5.73. The van der Waals surface area contributed by atoms with E-state index in [0.717, 1.165) is 31.4 Å². The van der Waals surface area contributed by atoms with E-state index in [1.54, 1.807) is 0 Å². The molecular formula is C14H15F3O. The van der Waals surface area contributed by atoms with Crippen LogP contribution in [0.3, 0.4) is 0 Å². The molecule has 0 aliphatic carbocycles. The predicted molar refractivity (Wildman–Crippen MR) is 63.3 cm³/mol. The molecule has 0 saturated carbocycles. The van der Waals surface area contributed by atoms with Crippen molar-refractivity contribution in [2.24, 2.45) is 0 Å². The fourth-order valence-electron chi connectivity index (χ4n) is 1.44. The zero-order valence-electron chi connectivity index (χ0n) is 10.1. The van der Waals surface area contributed by atoms with E-state index in [-0.39, 0.29) is 5.56 Å². The van der Waals surface area contributed by atoms with Gasteiger partial charge in [-0.2, -0.15) is 0 Å². The Morgan fingerprint density at radius 2 is 1.89 bits per heavy atom. The number of aliphatic hydroxyl groups is 1. The molecule has 0 bridgehead atoms. The van der Waals surface area contributed by atoms with Crippen LogP contribution in [0.1, 0.15) is 38.2 Å². The van der Waals surface area contributed by atoms with Crippen molar-refractivity contribution < 1.29 is 18.3 Å². The lowest BCUT2D eigenvalue weighted by Gasteiger charge is -2.01. The summed E-state index contributed by atoms with van der Waals surface area (Å²) in [5.74, 6) is 0.643. The van der Waals surface area contributed by atoms with E-state index in [0.29, 0.717) is 6.42 Å². The van der Waals surface area contributed by atoms with Crippen LogP contribution in [0.15, 0.2) is 12.1 Å². The van der Waals surface area contributed by atoms with Crippen molar-refractivity contribution in [2.75, 3.05) is 0 Å². The molecule has 1 aromatic carbocycles. The van der Waals surface area contributed by atoms with Crippen molar-refractivity contribution in [3.05, 3.63) is 35.1 Å². The van der Waals surface area contributed by atoms with Gasteiger partial charge in [-0.1, -0.05) is 31.6 Å². The summed E-state index contributed by atoms with van der Waals surface area (Å²) in [4.78, 5) is 0. The van der Waals surface area contributed by atoms with E-state index in [9.17, 15) is 18.3 Å². The zero-order valence-corrected chi connectivity index (χ0v) is 10.1. The average molecular weight is 256 g/mol. The van der Waals surface area contributed by atoms with Crippen LogP contribution in [0.25, 0.3) is 0 Å². The Hall–Kier alpha value is -1.47. The third-order valence-electron chi connectivity index (χ3n) is 2.49. The topological polar surface area (TPSA) is 20.2 Å². The molecule has 1 rings (SSSR count). The second kappa shape index (κ2) is 7.07. The highest BCUT2D eigenvalue weighted by molar-refractivity contribution is 5.36. The standard InChI is InChI=1S/C14H15F3O/c1-2-3-4-5-11(18)8-6-10-7-9-12(15)14(17)13(10)16/h7,9,11,18H,2-5H2,1H3. The maximum atomic E-state index is 13.2. The highest BCUT2D eigenvalue weighted by atomic mass is 19.2. The molecule has 98 valence electrons. The number of benzene rings is 1. The molecule has 0 spiro atoms. The molecule has 4 heteroatoms.